The van der Waals surface area contributed by atoms with Crippen LogP contribution in [0.5, 0.6) is 0 Å². The molecule has 6 heteroatoms. The summed E-state index contributed by atoms with van der Waals surface area (Å²) in [5.74, 6) is -1.08. The Labute approximate surface area is 127 Å². The van der Waals surface area contributed by atoms with E-state index in [4.69, 9.17) is 5.73 Å². The number of nitrogens with two attached hydrogens (primary N) is 1. The molecule has 1 heterocycles. The van der Waals surface area contributed by atoms with Gasteiger partial charge >= 0.3 is 0 Å². The van der Waals surface area contributed by atoms with Crippen LogP contribution in [0.3, 0.4) is 0 Å². The van der Waals surface area contributed by atoms with Gasteiger partial charge in [0.1, 0.15) is 11.5 Å². The van der Waals surface area contributed by atoms with Gasteiger partial charge in [-0.3, -0.25) is 4.98 Å². The monoisotopic (exact) mass is 349 g/mol. The molecular formula is C15H10BrF2N3. The summed E-state index contributed by atoms with van der Waals surface area (Å²) >= 11 is 3.17. The molecule has 0 unspecified atom stereocenters. The van der Waals surface area contributed by atoms with Crippen LogP contribution in [0.2, 0.25) is 0 Å². The predicted octanol–water partition coefficient (Wildman–Crippen LogP) is 4.60. The van der Waals surface area contributed by atoms with Crippen molar-refractivity contribution in [2.45, 2.75) is 0 Å². The Morgan fingerprint density at radius 3 is 2.67 bits per heavy atom. The molecule has 21 heavy (non-hydrogen) atoms. The molecule has 0 saturated carbocycles. The largest absolute Gasteiger partial charge is 0.398 e. The Kier molecular flexibility index (Phi) is 3.47. The van der Waals surface area contributed by atoms with Crippen LogP contribution in [0.1, 0.15) is 0 Å². The van der Waals surface area contributed by atoms with Gasteiger partial charge in [0.25, 0.3) is 0 Å². The fourth-order valence-electron chi connectivity index (χ4n) is 2.08. The first-order chi connectivity index (χ1) is 10.1. The Morgan fingerprint density at radius 1 is 1.10 bits per heavy atom. The molecule has 0 aliphatic carbocycles. The molecule has 3 aromatic rings. The van der Waals surface area contributed by atoms with E-state index in [2.05, 4.69) is 26.2 Å². The van der Waals surface area contributed by atoms with Gasteiger partial charge in [-0.2, -0.15) is 0 Å². The number of rotatable bonds is 2. The first-order valence-corrected chi connectivity index (χ1v) is 6.90. The van der Waals surface area contributed by atoms with Crippen molar-refractivity contribution in [3.05, 3.63) is 58.7 Å². The lowest BCUT2D eigenvalue weighted by atomic mass is 10.1. The number of pyridine rings is 1. The number of hydrogen-bond acceptors (Lipinski definition) is 3. The van der Waals surface area contributed by atoms with E-state index in [-0.39, 0.29) is 17.1 Å². The Bertz CT molecular complexity index is 837. The van der Waals surface area contributed by atoms with Crippen LogP contribution < -0.4 is 11.1 Å². The predicted molar refractivity (Wildman–Crippen MR) is 83.5 cm³/mol. The average Bonchev–Trinajstić information content (AvgIpc) is 2.45. The minimum atomic E-state index is -0.582. The van der Waals surface area contributed by atoms with E-state index >= 15 is 0 Å². The Balaban J connectivity index is 2.16. The number of fused-ring (bicyclic) bond motifs is 1. The van der Waals surface area contributed by atoms with E-state index in [0.29, 0.717) is 15.4 Å². The van der Waals surface area contributed by atoms with Crippen molar-refractivity contribution in [3.8, 4) is 0 Å². The third-order valence-corrected chi connectivity index (χ3v) is 3.56. The number of halogens is 3. The van der Waals surface area contributed by atoms with Gasteiger partial charge in [-0.25, -0.2) is 8.78 Å². The van der Waals surface area contributed by atoms with Gasteiger partial charge < -0.3 is 11.1 Å². The zero-order chi connectivity index (χ0) is 15.0. The fourth-order valence-corrected chi connectivity index (χ4v) is 2.41. The van der Waals surface area contributed by atoms with Crippen LogP contribution in [0.4, 0.5) is 25.8 Å². The van der Waals surface area contributed by atoms with Crippen molar-refractivity contribution in [3.63, 3.8) is 0 Å². The van der Waals surface area contributed by atoms with E-state index < -0.39 is 11.6 Å². The highest BCUT2D eigenvalue weighted by Crippen LogP contribution is 2.32. The highest BCUT2D eigenvalue weighted by molar-refractivity contribution is 9.10. The lowest BCUT2D eigenvalue weighted by Crippen LogP contribution is -2.01. The number of anilines is 3. The lowest BCUT2D eigenvalue weighted by Gasteiger charge is -2.12. The number of hydrogen-bond donors (Lipinski definition) is 2. The van der Waals surface area contributed by atoms with Gasteiger partial charge in [0.15, 0.2) is 5.82 Å². The van der Waals surface area contributed by atoms with Crippen molar-refractivity contribution in [1.29, 1.82) is 0 Å². The molecule has 2 aromatic carbocycles. The molecule has 0 aliphatic rings. The summed E-state index contributed by atoms with van der Waals surface area (Å²) in [5.41, 5.74) is 6.69. The molecule has 0 aliphatic heterocycles. The Hall–Kier alpha value is -2.21. The average molecular weight is 350 g/mol. The van der Waals surface area contributed by atoms with Gasteiger partial charge in [-0.15, -0.1) is 0 Å². The summed E-state index contributed by atoms with van der Waals surface area (Å²) in [4.78, 5) is 4.13. The summed E-state index contributed by atoms with van der Waals surface area (Å²) in [5, 5.41) is 3.36. The van der Waals surface area contributed by atoms with Crippen LogP contribution in [0.25, 0.3) is 10.9 Å². The highest BCUT2D eigenvalue weighted by atomic mass is 79.9. The first-order valence-electron chi connectivity index (χ1n) is 6.11. The van der Waals surface area contributed by atoms with Gasteiger partial charge in [0.2, 0.25) is 0 Å². The van der Waals surface area contributed by atoms with Crippen molar-refractivity contribution in [2.75, 3.05) is 11.1 Å². The number of nitrogens with zero attached hydrogens (tertiary/aromatic N) is 1. The maximum Gasteiger partial charge on any atom is 0.150 e. The van der Waals surface area contributed by atoms with Crippen molar-refractivity contribution in [1.82, 2.24) is 4.98 Å². The van der Waals surface area contributed by atoms with E-state index in [1.54, 1.807) is 18.2 Å². The van der Waals surface area contributed by atoms with Crippen LogP contribution in [-0.4, -0.2) is 4.98 Å². The maximum absolute atomic E-state index is 14.2. The summed E-state index contributed by atoms with van der Waals surface area (Å²) in [6, 6.07) is 9.12. The molecule has 3 rings (SSSR count). The number of nitrogen functional groups attached to an aromatic ring is 1. The molecule has 1 aromatic heterocycles. The lowest BCUT2D eigenvalue weighted by molar-refractivity contribution is 0.626. The van der Waals surface area contributed by atoms with Crippen LogP contribution in [-0.2, 0) is 0 Å². The molecule has 3 N–H and O–H groups in total. The third-order valence-electron chi connectivity index (χ3n) is 3.07. The smallest absolute Gasteiger partial charge is 0.150 e. The zero-order valence-electron chi connectivity index (χ0n) is 10.7. The summed E-state index contributed by atoms with van der Waals surface area (Å²) in [6.07, 6.45) is 1.53. The second-order valence-corrected chi connectivity index (χ2v) is 5.39. The molecule has 0 atom stereocenters. The fraction of sp³-hybridized carbons (Fsp3) is 0. The number of nitrogens with one attached hydrogen (secondary N) is 1. The second-order valence-electron chi connectivity index (χ2n) is 4.47. The maximum atomic E-state index is 14.2. The van der Waals surface area contributed by atoms with Gasteiger partial charge in [-0.05, 0) is 36.4 Å². The van der Waals surface area contributed by atoms with E-state index in [9.17, 15) is 8.78 Å². The minimum Gasteiger partial charge on any atom is -0.398 e. The topological polar surface area (TPSA) is 50.9 Å². The number of benzene rings is 2. The molecule has 0 radical (unpaired) electrons. The van der Waals surface area contributed by atoms with Crippen LogP contribution >= 0.6 is 15.9 Å². The molecule has 0 saturated heterocycles. The van der Waals surface area contributed by atoms with E-state index in [1.165, 1.54) is 24.4 Å². The molecule has 0 amide bonds. The minimum absolute atomic E-state index is 0.0982. The standard InChI is InChI=1S/C15H10BrF2N3/c16-8-3-4-13(10(17)6-8)21-15-11(18)7-12(19)9-2-1-5-20-14(9)15/h1-7,21H,19H2. The number of aromatic nitrogens is 1. The molecule has 3 nitrogen and oxygen atoms in total. The SMILES string of the molecule is Nc1cc(F)c(Nc2ccc(Br)cc2F)c2ncccc12. The van der Waals surface area contributed by atoms with Gasteiger partial charge in [-0.1, -0.05) is 15.9 Å². The summed E-state index contributed by atoms with van der Waals surface area (Å²) in [6.45, 7) is 0. The van der Waals surface area contributed by atoms with Crippen molar-refractivity contribution < 1.29 is 8.78 Å². The second kappa shape index (κ2) is 5.29. The van der Waals surface area contributed by atoms with Crippen LogP contribution in [0.15, 0.2) is 47.1 Å². The van der Waals surface area contributed by atoms with Gasteiger partial charge in [0.05, 0.1) is 11.2 Å². The first kappa shape index (κ1) is 13.8. The molecule has 0 bridgehead atoms. The highest BCUT2D eigenvalue weighted by Gasteiger charge is 2.13. The van der Waals surface area contributed by atoms with E-state index in [0.717, 1.165) is 0 Å². The molecular weight excluding hydrogens is 340 g/mol. The normalized spacial score (nSPS) is 10.8. The molecule has 106 valence electrons. The van der Waals surface area contributed by atoms with Crippen molar-refractivity contribution in [2.24, 2.45) is 0 Å². The molecule has 0 fully saturated rings. The van der Waals surface area contributed by atoms with Gasteiger partial charge in [0, 0.05) is 21.7 Å². The summed E-state index contributed by atoms with van der Waals surface area (Å²) < 4.78 is 28.7. The molecule has 0 spiro atoms. The van der Waals surface area contributed by atoms with E-state index in [1.807, 2.05) is 0 Å². The summed E-state index contributed by atoms with van der Waals surface area (Å²) in [7, 11) is 0. The Morgan fingerprint density at radius 2 is 1.90 bits per heavy atom. The zero-order valence-corrected chi connectivity index (χ0v) is 12.3. The quantitative estimate of drug-likeness (QED) is 0.664. The van der Waals surface area contributed by atoms with Crippen LogP contribution in [0, 0.1) is 11.6 Å². The third kappa shape index (κ3) is 2.54. The van der Waals surface area contributed by atoms with Crippen molar-refractivity contribution >= 4 is 43.9 Å².